The maximum atomic E-state index is 13.3. The molecule has 0 aliphatic carbocycles. The molecule has 0 saturated carbocycles. The third-order valence-electron chi connectivity index (χ3n) is 5.72. The Bertz CT molecular complexity index is 897. The smallest absolute Gasteiger partial charge is 0.328 e. The quantitative estimate of drug-likeness (QED) is 0.831. The molecular weight excluding hydrogens is 392 g/mol. The van der Waals surface area contributed by atoms with E-state index in [1.165, 1.54) is 10.5 Å². The number of carbonyl (C=O) groups is 2. The van der Waals surface area contributed by atoms with Crippen molar-refractivity contribution >= 4 is 23.5 Å². The average Bonchev–Trinajstić information content (AvgIpc) is 3.09. The number of piperidine rings is 1. The van der Waals surface area contributed by atoms with Gasteiger partial charge in [-0.05, 0) is 23.8 Å². The number of carboxylic acids is 1. The number of aliphatic carboxylic acids is 1. The predicted octanol–water partition coefficient (Wildman–Crippen LogP) is 3.26. The van der Waals surface area contributed by atoms with Crippen LogP contribution in [-0.4, -0.2) is 58.2 Å². The summed E-state index contributed by atoms with van der Waals surface area (Å²) in [5.74, 6) is -1.40. The maximum Gasteiger partial charge on any atom is 0.328 e. The number of amides is 1. The van der Waals surface area contributed by atoms with Crippen LogP contribution in [0.5, 0.6) is 0 Å². The summed E-state index contributed by atoms with van der Waals surface area (Å²) in [5, 5.41) is 10.1. The minimum atomic E-state index is -1.05. The monoisotopic (exact) mass is 414 g/mol. The highest BCUT2D eigenvalue weighted by atomic mass is 35.5. The van der Waals surface area contributed by atoms with Gasteiger partial charge >= 0.3 is 5.97 Å². The number of likely N-dealkylation sites (tertiary alicyclic amines) is 1. The molecule has 7 heteroatoms. The Morgan fingerprint density at radius 2 is 1.83 bits per heavy atom. The lowest BCUT2D eigenvalue weighted by Gasteiger charge is -2.44. The molecule has 6 nitrogen and oxygen atoms in total. The normalized spacial score (nSPS) is 21.4. The lowest BCUT2D eigenvalue weighted by atomic mass is 9.96. The van der Waals surface area contributed by atoms with Crippen molar-refractivity contribution in [3.05, 3.63) is 70.7 Å². The average molecular weight is 415 g/mol. The number of carbonyl (C=O) groups excluding carboxylic acids is 1. The fourth-order valence-electron chi connectivity index (χ4n) is 4.22. The Morgan fingerprint density at radius 3 is 2.48 bits per heavy atom. The molecule has 152 valence electrons. The first-order chi connectivity index (χ1) is 14.0. The Kier molecular flexibility index (Phi) is 5.58. The summed E-state index contributed by atoms with van der Waals surface area (Å²) in [7, 11) is 0. The van der Waals surface area contributed by atoms with Crippen LogP contribution in [-0.2, 0) is 16.1 Å². The molecule has 2 heterocycles. The van der Waals surface area contributed by atoms with E-state index in [4.69, 9.17) is 16.3 Å². The van der Waals surface area contributed by atoms with Crippen LogP contribution in [0.25, 0.3) is 0 Å². The van der Waals surface area contributed by atoms with Gasteiger partial charge in [0, 0.05) is 43.1 Å². The summed E-state index contributed by atoms with van der Waals surface area (Å²) in [4.78, 5) is 28.8. The third kappa shape index (κ3) is 4.01. The van der Waals surface area contributed by atoms with Crippen LogP contribution in [0.4, 0.5) is 0 Å². The fourth-order valence-corrected chi connectivity index (χ4v) is 4.41. The van der Waals surface area contributed by atoms with Crippen LogP contribution < -0.4 is 0 Å². The van der Waals surface area contributed by atoms with Crippen molar-refractivity contribution in [1.29, 1.82) is 0 Å². The first-order valence-corrected chi connectivity index (χ1v) is 10.1. The Balaban J connectivity index is 1.54. The van der Waals surface area contributed by atoms with Gasteiger partial charge in [-0.15, -0.1) is 0 Å². The molecule has 1 unspecified atom stereocenters. The summed E-state index contributed by atoms with van der Waals surface area (Å²) >= 11 is 6.04. The molecule has 0 aromatic heterocycles. The topological polar surface area (TPSA) is 70.1 Å². The number of ether oxygens (including phenoxy) is 1. The van der Waals surface area contributed by atoms with Gasteiger partial charge in [-0.3, -0.25) is 14.6 Å². The largest absolute Gasteiger partial charge is 0.480 e. The molecule has 2 aromatic rings. The summed E-state index contributed by atoms with van der Waals surface area (Å²) < 4.78 is 6.00. The van der Waals surface area contributed by atoms with Crippen molar-refractivity contribution in [3.63, 3.8) is 0 Å². The highest BCUT2D eigenvalue weighted by Crippen LogP contribution is 2.39. The van der Waals surface area contributed by atoms with Crippen molar-refractivity contribution in [2.24, 2.45) is 0 Å². The number of halogens is 1. The van der Waals surface area contributed by atoms with Crippen molar-refractivity contribution in [3.8, 4) is 0 Å². The zero-order valence-electron chi connectivity index (χ0n) is 16.0. The van der Waals surface area contributed by atoms with E-state index in [0.29, 0.717) is 23.4 Å². The van der Waals surface area contributed by atoms with Gasteiger partial charge < -0.3 is 9.84 Å². The van der Waals surface area contributed by atoms with Crippen LogP contribution in [0, 0.1) is 0 Å². The van der Waals surface area contributed by atoms with E-state index in [1.54, 1.807) is 24.3 Å². The van der Waals surface area contributed by atoms with Crippen LogP contribution >= 0.6 is 11.6 Å². The second kappa shape index (κ2) is 8.14. The molecular formula is C22H23ClN2O4. The van der Waals surface area contributed by atoms with Gasteiger partial charge in [0.05, 0.1) is 6.61 Å². The Morgan fingerprint density at radius 1 is 1.10 bits per heavy atom. The van der Waals surface area contributed by atoms with Crippen molar-refractivity contribution < 1.29 is 19.4 Å². The van der Waals surface area contributed by atoms with E-state index < -0.39 is 17.7 Å². The van der Waals surface area contributed by atoms with Gasteiger partial charge in [0.2, 0.25) is 0 Å². The van der Waals surface area contributed by atoms with Crippen LogP contribution in [0.1, 0.15) is 28.8 Å². The van der Waals surface area contributed by atoms with Gasteiger partial charge in [-0.1, -0.05) is 48.0 Å². The number of carboxylic acid groups (broad SMARTS) is 1. The minimum Gasteiger partial charge on any atom is -0.480 e. The lowest BCUT2D eigenvalue weighted by molar-refractivity contribution is -0.144. The number of rotatable bonds is 4. The zero-order chi connectivity index (χ0) is 20.4. The Labute approximate surface area is 174 Å². The molecule has 2 saturated heterocycles. The van der Waals surface area contributed by atoms with Crippen molar-refractivity contribution in [2.45, 2.75) is 31.2 Å². The van der Waals surface area contributed by atoms with E-state index in [-0.39, 0.29) is 12.5 Å². The number of nitrogens with zero attached hydrogens (tertiary/aromatic N) is 2. The molecule has 1 spiro atoms. The predicted molar refractivity (Wildman–Crippen MR) is 109 cm³/mol. The van der Waals surface area contributed by atoms with Crippen molar-refractivity contribution in [1.82, 2.24) is 9.80 Å². The van der Waals surface area contributed by atoms with Crippen molar-refractivity contribution in [2.75, 3.05) is 19.7 Å². The molecule has 29 heavy (non-hydrogen) atoms. The molecule has 2 aromatic carbocycles. The summed E-state index contributed by atoms with van der Waals surface area (Å²) in [6.45, 7) is 2.27. The second-order valence-corrected chi connectivity index (χ2v) is 7.99. The summed E-state index contributed by atoms with van der Waals surface area (Å²) in [6.07, 6.45) is 1.13. The van der Waals surface area contributed by atoms with Gasteiger partial charge in [-0.25, -0.2) is 4.79 Å². The fraction of sp³-hybridized carbons (Fsp3) is 0.364. The number of benzene rings is 2. The van der Waals surface area contributed by atoms with Gasteiger partial charge in [0.15, 0.2) is 6.04 Å². The summed E-state index contributed by atoms with van der Waals surface area (Å²) in [6, 6.07) is 15.8. The number of hydrogen-bond acceptors (Lipinski definition) is 4. The molecule has 0 radical (unpaired) electrons. The lowest BCUT2D eigenvalue weighted by Crippen LogP contribution is -2.58. The molecule has 1 N–H and O–H groups in total. The summed E-state index contributed by atoms with van der Waals surface area (Å²) in [5.41, 5.74) is 0.710. The molecule has 4 rings (SSSR count). The Hall–Kier alpha value is -2.41. The zero-order valence-corrected chi connectivity index (χ0v) is 16.7. The van der Waals surface area contributed by atoms with Gasteiger partial charge in [-0.2, -0.15) is 0 Å². The molecule has 1 atom stereocenters. The highest BCUT2D eigenvalue weighted by molar-refractivity contribution is 6.31. The van der Waals surface area contributed by atoms with E-state index in [1.807, 2.05) is 18.2 Å². The third-order valence-corrected chi connectivity index (χ3v) is 5.96. The van der Waals surface area contributed by atoms with Gasteiger partial charge in [0.25, 0.3) is 5.91 Å². The van der Waals surface area contributed by atoms with E-state index in [2.05, 4.69) is 17.0 Å². The van der Waals surface area contributed by atoms with E-state index >= 15 is 0 Å². The SMILES string of the molecule is O=C(O)C1COC2(CCN(Cc3ccccc3)CC2)N1C(=O)c1cccc(Cl)c1. The van der Waals surface area contributed by atoms with Crippen LogP contribution in [0.2, 0.25) is 5.02 Å². The first kappa shape index (κ1) is 19.9. The van der Waals surface area contributed by atoms with Crippen LogP contribution in [0.3, 0.4) is 0 Å². The molecule has 2 aliphatic rings. The van der Waals surface area contributed by atoms with E-state index in [0.717, 1.165) is 19.6 Å². The maximum absolute atomic E-state index is 13.3. The van der Waals surface area contributed by atoms with E-state index in [9.17, 15) is 14.7 Å². The standard InChI is InChI=1S/C22H23ClN2O4/c23-18-8-4-7-17(13-18)20(26)25-19(21(27)28)15-29-22(25)9-11-24(12-10-22)14-16-5-2-1-3-6-16/h1-8,13,19H,9-12,14-15H2,(H,27,28). The van der Waals surface area contributed by atoms with Gasteiger partial charge in [0.1, 0.15) is 5.72 Å². The second-order valence-electron chi connectivity index (χ2n) is 7.56. The highest BCUT2D eigenvalue weighted by Gasteiger charge is 2.54. The first-order valence-electron chi connectivity index (χ1n) is 9.71. The molecule has 2 fully saturated rings. The van der Waals surface area contributed by atoms with Crippen LogP contribution in [0.15, 0.2) is 54.6 Å². The molecule has 0 bridgehead atoms. The minimum absolute atomic E-state index is 0.000322. The molecule has 1 amide bonds. The molecule has 2 aliphatic heterocycles. The number of hydrogen-bond donors (Lipinski definition) is 1.